The minimum absolute atomic E-state index is 0.00698. The van der Waals surface area contributed by atoms with E-state index in [0.29, 0.717) is 12.3 Å². The summed E-state index contributed by atoms with van der Waals surface area (Å²) in [6, 6.07) is 0. The van der Waals surface area contributed by atoms with E-state index in [4.69, 9.17) is 0 Å². The van der Waals surface area contributed by atoms with Gasteiger partial charge in [0.2, 0.25) is 0 Å². The lowest BCUT2D eigenvalue weighted by molar-refractivity contribution is -0.243. The summed E-state index contributed by atoms with van der Waals surface area (Å²) in [5, 5.41) is 42.8. The van der Waals surface area contributed by atoms with Gasteiger partial charge in [-0.1, -0.05) is 53.2 Å². The number of aliphatic carboxylic acids is 1. The highest BCUT2D eigenvalue weighted by molar-refractivity contribution is 5.76. The van der Waals surface area contributed by atoms with Crippen LogP contribution in [0.25, 0.3) is 0 Å². The summed E-state index contributed by atoms with van der Waals surface area (Å²) < 4.78 is 0. The van der Waals surface area contributed by atoms with Crippen LogP contribution in [0, 0.1) is 50.2 Å². The van der Waals surface area contributed by atoms with Gasteiger partial charge in [-0.25, -0.2) is 0 Å². The number of carboxylic acids is 1. The van der Waals surface area contributed by atoms with E-state index in [1.54, 1.807) is 0 Å². The van der Waals surface area contributed by atoms with Crippen molar-refractivity contribution in [1.82, 2.24) is 0 Å². The third kappa shape index (κ3) is 3.07. The van der Waals surface area contributed by atoms with Gasteiger partial charge in [-0.3, -0.25) is 4.79 Å². The normalized spacial score (nSPS) is 55.0. The monoisotopic (exact) mass is 488 g/mol. The zero-order chi connectivity index (χ0) is 25.8. The van der Waals surface area contributed by atoms with Crippen molar-refractivity contribution in [2.75, 3.05) is 6.61 Å². The van der Waals surface area contributed by atoms with Crippen LogP contribution in [0.1, 0.15) is 99.3 Å². The molecule has 4 N–H and O–H groups in total. The standard InChI is InChI=1S/C30H48O5/c1-25(2)11-13-30(24(34)35)14-12-28(5)18(19(30)15-25)7-8-22-26(3)16-20(32)23(33)27(4,17-31)21(26)9-10-29(22,28)6/h7,19-23,31-33H,8-17H2,1-6H3,(H,34,35)/t19-,20+,21+,22+,23-,26-,27-,28+,29+,30-/m0/s1. The number of aliphatic hydroxyl groups is 3. The van der Waals surface area contributed by atoms with Gasteiger partial charge < -0.3 is 20.4 Å². The molecule has 5 rings (SSSR count). The SMILES string of the molecule is CC1(C)CC[C@]2(C(=O)O)CC[C@]3(C)C(=CC[C@@H]4[C@@]5(C)C[C@@H](O)[C@H](O)[C@@](C)(CO)[C@@H]5CC[C@]43C)[C@@H]2C1. The predicted octanol–water partition coefficient (Wildman–Crippen LogP) is 5.18. The number of hydrogen-bond acceptors (Lipinski definition) is 4. The van der Waals surface area contributed by atoms with Crippen molar-refractivity contribution >= 4 is 5.97 Å². The van der Waals surface area contributed by atoms with Crippen LogP contribution < -0.4 is 0 Å². The minimum Gasteiger partial charge on any atom is -0.481 e. The largest absolute Gasteiger partial charge is 0.481 e. The first-order chi connectivity index (χ1) is 16.1. The van der Waals surface area contributed by atoms with Gasteiger partial charge in [-0.2, -0.15) is 0 Å². The minimum atomic E-state index is -0.907. The van der Waals surface area contributed by atoms with Crippen molar-refractivity contribution in [3.05, 3.63) is 11.6 Å². The summed E-state index contributed by atoms with van der Waals surface area (Å²) in [5.74, 6) is -0.0472. The molecule has 0 heterocycles. The first-order valence-electron chi connectivity index (χ1n) is 14.0. The molecular weight excluding hydrogens is 440 g/mol. The predicted molar refractivity (Wildman–Crippen MR) is 135 cm³/mol. The van der Waals surface area contributed by atoms with Crippen LogP contribution in [0.15, 0.2) is 11.6 Å². The Kier molecular flexibility index (Phi) is 5.56. The van der Waals surface area contributed by atoms with E-state index in [-0.39, 0.29) is 40.1 Å². The number of fused-ring (bicyclic) bond motifs is 7. The molecule has 0 unspecified atom stereocenters. The van der Waals surface area contributed by atoms with E-state index in [9.17, 15) is 25.2 Å². The molecule has 35 heavy (non-hydrogen) atoms. The number of carbonyl (C=O) groups is 1. The fourth-order valence-corrected chi connectivity index (χ4v) is 10.8. The fraction of sp³-hybridized carbons (Fsp3) is 0.900. The number of carboxylic acid groups (broad SMARTS) is 1. The van der Waals surface area contributed by atoms with Gasteiger partial charge in [0, 0.05) is 5.41 Å². The zero-order valence-corrected chi connectivity index (χ0v) is 22.7. The molecular formula is C30H48O5. The molecule has 0 aromatic carbocycles. The average Bonchev–Trinajstić information content (AvgIpc) is 2.77. The van der Waals surface area contributed by atoms with Crippen molar-refractivity contribution in [3.8, 4) is 0 Å². The third-order valence-corrected chi connectivity index (χ3v) is 13.2. The van der Waals surface area contributed by atoms with Crippen LogP contribution in [-0.4, -0.2) is 45.2 Å². The molecule has 5 nitrogen and oxygen atoms in total. The summed E-state index contributed by atoms with van der Waals surface area (Å²) in [5.41, 5.74) is -0.0632. The highest BCUT2D eigenvalue weighted by Crippen LogP contribution is 2.75. The zero-order valence-electron chi connectivity index (χ0n) is 22.7. The molecule has 0 aromatic rings. The van der Waals surface area contributed by atoms with Gasteiger partial charge in [-0.05, 0) is 97.2 Å². The van der Waals surface area contributed by atoms with Gasteiger partial charge in [0.25, 0.3) is 0 Å². The Morgan fingerprint density at radius 2 is 1.60 bits per heavy atom. The van der Waals surface area contributed by atoms with Crippen molar-refractivity contribution in [1.29, 1.82) is 0 Å². The molecule has 0 aromatic heterocycles. The van der Waals surface area contributed by atoms with Crippen molar-refractivity contribution in [2.24, 2.45) is 50.2 Å². The summed E-state index contributed by atoms with van der Waals surface area (Å²) in [6.45, 7) is 13.6. The van der Waals surface area contributed by atoms with Crippen molar-refractivity contribution < 1.29 is 25.2 Å². The van der Waals surface area contributed by atoms with Crippen LogP contribution in [0.2, 0.25) is 0 Å². The summed E-state index contributed by atoms with van der Waals surface area (Å²) in [7, 11) is 0. The Hall–Kier alpha value is -0.910. The fourth-order valence-electron chi connectivity index (χ4n) is 10.8. The van der Waals surface area contributed by atoms with E-state index in [1.165, 1.54) is 5.57 Å². The Bertz CT molecular complexity index is 941. The summed E-state index contributed by atoms with van der Waals surface area (Å²) in [4.78, 5) is 12.8. The number of hydrogen-bond donors (Lipinski definition) is 4. The molecule has 4 saturated carbocycles. The Morgan fingerprint density at radius 3 is 2.23 bits per heavy atom. The summed E-state index contributed by atoms with van der Waals surface area (Å²) >= 11 is 0. The number of allylic oxidation sites excluding steroid dienone is 2. The number of rotatable bonds is 2. The molecule has 5 aliphatic rings. The van der Waals surface area contributed by atoms with E-state index in [1.807, 2.05) is 6.92 Å². The molecule has 0 aliphatic heterocycles. The molecule has 5 heteroatoms. The van der Waals surface area contributed by atoms with Gasteiger partial charge in [0.1, 0.15) is 0 Å². The van der Waals surface area contributed by atoms with Crippen LogP contribution in [0.3, 0.4) is 0 Å². The Labute approximate surface area is 211 Å². The van der Waals surface area contributed by atoms with Gasteiger partial charge in [0.05, 0.1) is 24.2 Å². The smallest absolute Gasteiger partial charge is 0.310 e. The van der Waals surface area contributed by atoms with E-state index in [0.717, 1.165) is 51.4 Å². The molecule has 0 radical (unpaired) electrons. The quantitative estimate of drug-likeness (QED) is 0.402. The highest BCUT2D eigenvalue weighted by atomic mass is 16.4. The Balaban J connectivity index is 1.61. The van der Waals surface area contributed by atoms with E-state index < -0.39 is 29.0 Å². The second-order valence-corrected chi connectivity index (χ2v) is 15.1. The van der Waals surface area contributed by atoms with Crippen LogP contribution in [-0.2, 0) is 4.79 Å². The van der Waals surface area contributed by atoms with Gasteiger partial charge in [-0.15, -0.1) is 0 Å². The second kappa shape index (κ2) is 7.57. The maximum absolute atomic E-state index is 12.8. The highest BCUT2D eigenvalue weighted by Gasteiger charge is 2.70. The van der Waals surface area contributed by atoms with E-state index in [2.05, 4.69) is 40.7 Å². The van der Waals surface area contributed by atoms with Crippen LogP contribution in [0.5, 0.6) is 0 Å². The molecule has 198 valence electrons. The number of aliphatic hydroxyl groups excluding tert-OH is 3. The third-order valence-electron chi connectivity index (χ3n) is 13.2. The lowest BCUT2D eigenvalue weighted by Gasteiger charge is -2.71. The molecule has 0 amide bonds. The lowest BCUT2D eigenvalue weighted by atomic mass is 9.33. The molecule has 5 aliphatic carbocycles. The topological polar surface area (TPSA) is 98.0 Å². The molecule has 0 spiro atoms. The first kappa shape index (κ1) is 25.7. The summed E-state index contributed by atoms with van der Waals surface area (Å²) in [6.07, 6.45) is 8.40. The lowest BCUT2D eigenvalue weighted by Crippen LogP contribution is -2.68. The molecule has 0 saturated heterocycles. The second-order valence-electron chi connectivity index (χ2n) is 15.1. The molecule has 4 fully saturated rings. The maximum atomic E-state index is 12.8. The molecule has 0 bridgehead atoms. The van der Waals surface area contributed by atoms with Crippen molar-refractivity contribution in [2.45, 2.75) is 112 Å². The van der Waals surface area contributed by atoms with E-state index >= 15 is 0 Å². The van der Waals surface area contributed by atoms with Gasteiger partial charge in [0.15, 0.2) is 0 Å². The van der Waals surface area contributed by atoms with Crippen LogP contribution in [0.4, 0.5) is 0 Å². The molecule has 10 atom stereocenters. The Morgan fingerprint density at radius 1 is 0.943 bits per heavy atom. The average molecular weight is 489 g/mol. The van der Waals surface area contributed by atoms with Gasteiger partial charge >= 0.3 is 5.97 Å². The van der Waals surface area contributed by atoms with Crippen molar-refractivity contribution in [3.63, 3.8) is 0 Å². The first-order valence-corrected chi connectivity index (χ1v) is 14.0. The van der Waals surface area contributed by atoms with Crippen LogP contribution >= 0.6 is 0 Å². The maximum Gasteiger partial charge on any atom is 0.310 e.